The molecule has 0 aromatic heterocycles. The summed E-state index contributed by atoms with van der Waals surface area (Å²) in [6.45, 7) is 2.86. The van der Waals surface area contributed by atoms with E-state index in [1.54, 1.807) is 6.07 Å². The summed E-state index contributed by atoms with van der Waals surface area (Å²) in [5.41, 5.74) is 0.631. The number of amides is 1. The second-order valence-corrected chi connectivity index (χ2v) is 6.22. The van der Waals surface area contributed by atoms with Crippen LogP contribution in [0.3, 0.4) is 0 Å². The Morgan fingerprint density at radius 1 is 1.20 bits per heavy atom. The van der Waals surface area contributed by atoms with Gasteiger partial charge in [-0.1, -0.05) is 23.7 Å². The molecule has 0 spiro atoms. The molecule has 1 aromatic rings. The van der Waals surface area contributed by atoms with Crippen molar-refractivity contribution >= 4 is 17.5 Å². The van der Waals surface area contributed by atoms with Crippen LogP contribution in [0.4, 0.5) is 0 Å². The fourth-order valence-electron chi connectivity index (χ4n) is 3.42. The molecule has 2 aliphatic rings. The number of nitrogens with zero attached hydrogens (tertiary/aromatic N) is 1. The topological polar surface area (TPSA) is 32.3 Å². The SMILES string of the molecule is O=C(c1ccccc1Cl)N1CCC(C2CCCN2)CC1. The lowest BCUT2D eigenvalue weighted by Crippen LogP contribution is -2.43. The first-order valence-electron chi connectivity index (χ1n) is 7.53. The molecule has 1 aromatic carbocycles. The highest BCUT2D eigenvalue weighted by Crippen LogP contribution is 2.27. The van der Waals surface area contributed by atoms with Crippen LogP contribution < -0.4 is 5.32 Å². The minimum Gasteiger partial charge on any atom is -0.339 e. The Balaban J connectivity index is 1.60. The van der Waals surface area contributed by atoms with Gasteiger partial charge in [0.15, 0.2) is 0 Å². The Hall–Kier alpha value is -1.06. The minimum absolute atomic E-state index is 0.0773. The van der Waals surface area contributed by atoms with Gasteiger partial charge in [-0.2, -0.15) is 0 Å². The normalized spacial score (nSPS) is 24.1. The first-order valence-corrected chi connectivity index (χ1v) is 7.90. The summed E-state index contributed by atoms with van der Waals surface area (Å²) in [5, 5.41) is 4.14. The first-order chi connectivity index (χ1) is 9.75. The molecule has 2 aliphatic heterocycles. The van der Waals surface area contributed by atoms with Gasteiger partial charge in [-0.25, -0.2) is 0 Å². The highest BCUT2D eigenvalue weighted by atomic mass is 35.5. The zero-order valence-corrected chi connectivity index (χ0v) is 12.4. The van der Waals surface area contributed by atoms with Gasteiger partial charge in [0, 0.05) is 19.1 Å². The highest BCUT2D eigenvalue weighted by molar-refractivity contribution is 6.33. The van der Waals surface area contributed by atoms with E-state index in [1.807, 2.05) is 23.1 Å². The number of likely N-dealkylation sites (tertiary alicyclic amines) is 1. The van der Waals surface area contributed by atoms with Crippen LogP contribution in [0.25, 0.3) is 0 Å². The predicted octanol–water partition coefficient (Wildman–Crippen LogP) is 2.94. The van der Waals surface area contributed by atoms with Gasteiger partial charge in [0.2, 0.25) is 0 Å². The van der Waals surface area contributed by atoms with Gasteiger partial charge in [-0.3, -0.25) is 4.79 Å². The van der Waals surface area contributed by atoms with Gasteiger partial charge < -0.3 is 10.2 Å². The highest BCUT2D eigenvalue weighted by Gasteiger charge is 2.30. The van der Waals surface area contributed by atoms with E-state index in [1.165, 1.54) is 12.8 Å². The Morgan fingerprint density at radius 2 is 1.95 bits per heavy atom. The monoisotopic (exact) mass is 292 g/mol. The number of hydrogen-bond donors (Lipinski definition) is 1. The van der Waals surface area contributed by atoms with Crippen LogP contribution in [-0.2, 0) is 0 Å². The van der Waals surface area contributed by atoms with E-state index in [4.69, 9.17) is 11.6 Å². The largest absolute Gasteiger partial charge is 0.339 e. The second-order valence-electron chi connectivity index (χ2n) is 5.81. The molecule has 1 unspecified atom stereocenters. The molecule has 1 amide bonds. The van der Waals surface area contributed by atoms with Crippen molar-refractivity contribution in [1.82, 2.24) is 10.2 Å². The quantitative estimate of drug-likeness (QED) is 0.909. The van der Waals surface area contributed by atoms with E-state index in [0.717, 1.165) is 38.4 Å². The van der Waals surface area contributed by atoms with E-state index < -0.39 is 0 Å². The predicted molar refractivity (Wildman–Crippen MR) is 81.1 cm³/mol. The maximum atomic E-state index is 12.5. The minimum atomic E-state index is 0.0773. The molecule has 1 N–H and O–H groups in total. The third-order valence-electron chi connectivity index (χ3n) is 4.60. The molecular weight excluding hydrogens is 272 g/mol. The summed E-state index contributed by atoms with van der Waals surface area (Å²) < 4.78 is 0. The molecule has 20 heavy (non-hydrogen) atoms. The zero-order chi connectivity index (χ0) is 13.9. The Labute approximate surface area is 125 Å². The summed E-state index contributed by atoms with van der Waals surface area (Å²) in [7, 11) is 0. The Kier molecular flexibility index (Phi) is 4.27. The molecule has 4 heteroatoms. The van der Waals surface area contributed by atoms with Gasteiger partial charge in [0.05, 0.1) is 10.6 Å². The van der Waals surface area contributed by atoms with Gasteiger partial charge in [0.25, 0.3) is 5.91 Å². The van der Waals surface area contributed by atoms with Gasteiger partial charge in [-0.15, -0.1) is 0 Å². The van der Waals surface area contributed by atoms with Crippen molar-refractivity contribution < 1.29 is 4.79 Å². The molecule has 0 aliphatic carbocycles. The van der Waals surface area contributed by atoms with Crippen LogP contribution in [0.2, 0.25) is 5.02 Å². The summed E-state index contributed by atoms with van der Waals surface area (Å²) in [6.07, 6.45) is 4.80. The van der Waals surface area contributed by atoms with Crippen LogP contribution in [0, 0.1) is 5.92 Å². The maximum Gasteiger partial charge on any atom is 0.255 e. The van der Waals surface area contributed by atoms with Crippen molar-refractivity contribution in [1.29, 1.82) is 0 Å². The van der Waals surface area contributed by atoms with Crippen LogP contribution in [-0.4, -0.2) is 36.5 Å². The number of benzene rings is 1. The third kappa shape index (κ3) is 2.84. The summed E-state index contributed by atoms with van der Waals surface area (Å²) in [4.78, 5) is 14.4. The van der Waals surface area contributed by atoms with Crippen molar-refractivity contribution in [3.8, 4) is 0 Å². The molecule has 2 heterocycles. The Bertz CT molecular complexity index is 477. The molecule has 3 nitrogen and oxygen atoms in total. The number of nitrogens with one attached hydrogen (secondary N) is 1. The number of carbonyl (C=O) groups is 1. The number of carbonyl (C=O) groups excluding carboxylic acids is 1. The molecule has 0 bridgehead atoms. The number of halogens is 1. The molecule has 2 fully saturated rings. The van der Waals surface area contributed by atoms with Crippen molar-refractivity contribution in [3.63, 3.8) is 0 Å². The van der Waals surface area contributed by atoms with Crippen LogP contribution >= 0.6 is 11.6 Å². The first kappa shape index (κ1) is 13.9. The van der Waals surface area contributed by atoms with E-state index in [-0.39, 0.29) is 5.91 Å². The standard InChI is InChI=1S/C16H21ClN2O/c17-14-5-2-1-4-13(14)16(20)19-10-7-12(8-11-19)15-6-3-9-18-15/h1-2,4-5,12,15,18H,3,6-11H2. The fourth-order valence-corrected chi connectivity index (χ4v) is 3.64. The van der Waals surface area contributed by atoms with E-state index in [9.17, 15) is 4.79 Å². The van der Waals surface area contributed by atoms with E-state index in [2.05, 4.69) is 5.32 Å². The van der Waals surface area contributed by atoms with Crippen LogP contribution in [0.1, 0.15) is 36.0 Å². The van der Waals surface area contributed by atoms with E-state index in [0.29, 0.717) is 16.6 Å². The average molecular weight is 293 g/mol. The molecule has 3 rings (SSSR count). The second kappa shape index (κ2) is 6.15. The van der Waals surface area contributed by atoms with Gasteiger partial charge >= 0.3 is 0 Å². The summed E-state index contributed by atoms with van der Waals surface area (Å²) in [6, 6.07) is 8.00. The van der Waals surface area contributed by atoms with Crippen LogP contribution in [0.15, 0.2) is 24.3 Å². The number of piperidine rings is 1. The lowest BCUT2D eigenvalue weighted by molar-refractivity contribution is 0.0674. The fraction of sp³-hybridized carbons (Fsp3) is 0.562. The average Bonchev–Trinajstić information content (AvgIpc) is 3.01. The van der Waals surface area contributed by atoms with Crippen molar-refractivity contribution in [2.75, 3.05) is 19.6 Å². The van der Waals surface area contributed by atoms with Crippen molar-refractivity contribution in [2.45, 2.75) is 31.7 Å². The van der Waals surface area contributed by atoms with E-state index >= 15 is 0 Å². The lowest BCUT2D eigenvalue weighted by atomic mass is 9.88. The smallest absolute Gasteiger partial charge is 0.255 e. The van der Waals surface area contributed by atoms with Gasteiger partial charge in [-0.05, 0) is 50.3 Å². The van der Waals surface area contributed by atoms with Crippen molar-refractivity contribution in [2.24, 2.45) is 5.92 Å². The van der Waals surface area contributed by atoms with Gasteiger partial charge in [0.1, 0.15) is 0 Å². The summed E-state index contributed by atoms with van der Waals surface area (Å²) >= 11 is 6.11. The Morgan fingerprint density at radius 3 is 2.60 bits per heavy atom. The van der Waals surface area contributed by atoms with Crippen LogP contribution in [0.5, 0.6) is 0 Å². The molecule has 1 atom stereocenters. The number of rotatable bonds is 2. The zero-order valence-electron chi connectivity index (χ0n) is 11.6. The lowest BCUT2D eigenvalue weighted by Gasteiger charge is -2.35. The van der Waals surface area contributed by atoms with Crippen molar-refractivity contribution in [3.05, 3.63) is 34.9 Å². The maximum absolute atomic E-state index is 12.5. The molecular formula is C16H21ClN2O. The molecule has 0 saturated carbocycles. The summed E-state index contributed by atoms with van der Waals surface area (Å²) in [5.74, 6) is 0.807. The molecule has 108 valence electrons. The third-order valence-corrected chi connectivity index (χ3v) is 4.93. The molecule has 2 saturated heterocycles. The molecule has 0 radical (unpaired) electrons. The number of hydrogen-bond acceptors (Lipinski definition) is 2.